The first-order valence-electron chi connectivity index (χ1n) is 5.84. The van der Waals surface area contributed by atoms with Crippen molar-refractivity contribution in [1.29, 1.82) is 0 Å². The number of hydrogen-bond acceptors (Lipinski definition) is 4. The summed E-state index contributed by atoms with van der Waals surface area (Å²) in [5.41, 5.74) is 4.67. The highest BCUT2D eigenvalue weighted by Crippen LogP contribution is 2.31. The van der Waals surface area contributed by atoms with Gasteiger partial charge >= 0.3 is 5.97 Å². The van der Waals surface area contributed by atoms with Gasteiger partial charge in [0.25, 0.3) is 0 Å². The monoisotopic (exact) mass is 230 g/mol. The lowest BCUT2D eigenvalue weighted by Gasteiger charge is -2.35. The quantitative estimate of drug-likeness (QED) is 0.530. The number of aliphatic hydroxyl groups is 1. The second-order valence-electron chi connectivity index (χ2n) is 5.00. The molecule has 0 aliphatic heterocycles. The molecule has 0 heterocycles. The fourth-order valence-electron chi connectivity index (χ4n) is 2.34. The summed E-state index contributed by atoms with van der Waals surface area (Å²) in [4.78, 5) is 10.5. The smallest absolute Gasteiger partial charge is 0.321 e. The Morgan fingerprint density at radius 1 is 1.69 bits per heavy atom. The first-order valence-corrected chi connectivity index (χ1v) is 5.84. The van der Waals surface area contributed by atoms with Gasteiger partial charge in [0, 0.05) is 13.1 Å². The van der Waals surface area contributed by atoms with Crippen LogP contribution in [0.25, 0.3) is 0 Å². The van der Waals surface area contributed by atoms with Crippen molar-refractivity contribution in [3.63, 3.8) is 0 Å². The topological polar surface area (TPSA) is 95.6 Å². The van der Waals surface area contributed by atoms with Crippen LogP contribution in [0.5, 0.6) is 0 Å². The Labute approximate surface area is 96.0 Å². The number of nitrogens with two attached hydrogens (primary N) is 1. The van der Waals surface area contributed by atoms with Crippen LogP contribution >= 0.6 is 0 Å². The number of rotatable bonds is 5. The average molecular weight is 230 g/mol. The highest BCUT2D eigenvalue weighted by molar-refractivity contribution is 5.73. The summed E-state index contributed by atoms with van der Waals surface area (Å²) in [6.45, 7) is 2.76. The van der Waals surface area contributed by atoms with E-state index in [2.05, 4.69) is 12.2 Å². The lowest BCUT2D eigenvalue weighted by Crippen LogP contribution is -2.48. The molecule has 0 saturated heterocycles. The zero-order chi connectivity index (χ0) is 12.2. The van der Waals surface area contributed by atoms with Gasteiger partial charge in [0.1, 0.15) is 6.04 Å². The third kappa shape index (κ3) is 4.08. The molecule has 16 heavy (non-hydrogen) atoms. The highest BCUT2D eigenvalue weighted by Gasteiger charge is 2.32. The lowest BCUT2D eigenvalue weighted by molar-refractivity contribution is -0.138. The summed E-state index contributed by atoms with van der Waals surface area (Å²) < 4.78 is 0. The molecule has 0 aromatic carbocycles. The molecule has 3 unspecified atom stereocenters. The molecule has 1 rings (SSSR count). The molecule has 0 aromatic rings. The maximum Gasteiger partial charge on any atom is 0.321 e. The number of aliphatic carboxylic acids is 1. The van der Waals surface area contributed by atoms with E-state index in [-0.39, 0.29) is 6.54 Å². The standard InChI is InChI=1S/C11H22N2O3/c1-8-3-2-4-11(16,5-8)7-13-6-9(12)10(14)15/h8-9,13,16H,2-7,12H2,1H3,(H,14,15). The van der Waals surface area contributed by atoms with E-state index in [0.717, 1.165) is 25.7 Å². The van der Waals surface area contributed by atoms with Gasteiger partial charge < -0.3 is 21.3 Å². The molecule has 3 atom stereocenters. The van der Waals surface area contributed by atoms with E-state index in [1.54, 1.807) is 0 Å². The zero-order valence-corrected chi connectivity index (χ0v) is 9.78. The van der Waals surface area contributed by atoms with Crippen molar-refractivity contribution in [3.05, 3.63) is 0 Å². The fraction of sp³-hybridized carbons (Fsp3) is 0.909. The summed E-state index contributed by atoms with van der Waals surface area (Å²) in [5.74, 6) is -0.481. The highest BCUT2D eigenvalue weighted by atomic mass is 16.4. The third-order valence-corrected chi connectivity index (χ3v) is 3.20. The van der Waals surface area contributed by atoms with Crippen LogP contribution in [-0.4, -0.2) is 40.9 Å². The van der Waals surface area contributed by atoms with Crippen molar-refractivity contribution in [3.8, 4) is 0 Å². The van der Waals surface area contributed by atoms with Gasteiger partial charge in [0.2, 0.25) is 0 Å². The van der Waals surface area contributed by atoms with Crippen molar-refractivity contribution in [2.75, 3.05) is 13.1 Å². The molecule has 1 fully saturated rings. The molecule has 94 valence electrons. The first kappa shape index (κ1) is 13.4. The van der Waals surface area contributed by atoms with Gasteiger partial charge in [-0.1, -0.05) is 19.8 Å². The van der Waals surface area contributed by atoms with Gasteiger partial charge in [0.15, 0.2) is 0 Å². The van der Waals surface area contributed by atoms with Crippen molar-refractivity contribution in [1.82, 2.24) is 5.32 Å². The van der Waals surface area contributed by atoms with Crippen molar-refractivity contribution in [2.45, 2.75) is 44.2 Å². The van der Waals surface area contributed by atoms with Crippen LogP contribution in [0, 0.1) is 5.92 Å². The van der Waals surface area contributed by atoms with E-state index in [0.29, 0.717) is 12.5 Å². The summed E-state index contributed by atoms with van der Waals surface area (Å²) in [7, 11) is 0. The Bertz CT molecular complexity index is 247. The van der Waals surface area contributed by atoms with Gasteiger partial charge in [-0.05, 0) is 18.8 Å². The largest absolute Gasteiger partial charge is 0.480 e. The molecule has 5 N–H and O–H groups in total. The predicted octanol–water partition coefficient (Wildman–Crippen LogP) is -0.0709. The Kier molecular flexibility index (Phi) is 4.70. The van der Waals surface area contributed by atoms with Crippen LogP contribution in [-0.2, 0) is 4.79 Å². The van der Waals surface area contributed by atoms with Gasteiger partial charge in [-0.3, -0.25) is 4.79 Å². The van der Waals surface area contributed by atoms with Crippen LogP contribution in [0.2, 0.25) is 0 Å². The van der Waals surface area contributed by atoms with Gasteiger partial charge in [-0.25, -0.2) is 0 Å². The summed E-state index contributed by atoms with van der Waals surface area (Å²) in [6, 6.07) is -0.899. The third-order valence-electron chi connectivity index (χ3n) is 3.20. The van der Waals surface area contributed by atoms with E-state index < -0.39 is 17.6 Å². The summed E-state index contributed by atoms with van der Waals surface area (Å²) >= 11 is 0. The van der Waals surface area contributed by atoms with Crippen molar-refractivity contribution >= 4 is 5.97 Å². The van der Waals surface area contributed by atoms with Crippen molar-refractivity contribution in [2.24, 2.45) is 11.7 Å². The van der Waals surface area contributed by atoms with Crippen LogP contribution in [0.15, 0.2) is 0 Å². The Balaban J connectivity index is 2.28. The summed E-state index contributed by atoms with van der Waals surface area (Å²) in [6.07, 6.45) is 3.76. The second kappa shape index (κ2) is 5.61. The molecule has 0 radical (unpaired) electrons. The van der Waals surface area contributed by atoms with E-state index >= 15 is 0 Å². The minimum absolute atomic E-state index is 0.200. The lowest BCUT2D eigenvalue weighted by atomic mass is 9.79. The Morgan fingerprint density at radius 2 is 2.38 bits per heavy atom. The van der Waals surface area contributed by atoms with Crippen molar-refractivity contribution < 1.29 is 15.0 Å². The molecule has 5 heteroatoms. The molecule has 1 aliphatic rings. The van der Waals surface area contributed by atoms with Gasteiger partial charge in [0.05, 0.1) is 5.60 Å². The van der Waals surface area contributed by atoms with Crippen LogP contribution in [0.1, 0.15) is 32.6 Å². The maximum atomic E-state index is 10.5. The number of carboxylic acid groups (broad SMARTS) is 1. The predicted molar refractivity (Wildman–Crippen MR) is 61.1 cm³/mol. The molecule has 0 bridgehead atoms. The van der Waals surface area contributed by atoms with Gasteiger partial charge in [-0.2, -0.15) is 0 Å². The van der Waals surface area contributed by atoms with Crippen LogP contribution in [0.4, 0.5) is 0 Å². The first-order chi connectivity index (χ1) is 7.43. The van der Waals surface area contributed by atoms with E-state index in [1.165, 1.54) is 0 Å². The van der Waals surface area contributed by atoms with E-state index in [1.807, 2.05) is 0 Å². The maximum absolute atomic E-state index is 10.5. The normalized spacial score (nSPS) is 32.3. The number of hydrogen-bond donors (Lipinski definition) is 4. The minimum atomic E-state index is -1.02. The summed E-state index contributed by atoms with van der Waals surface area (Å²) in [5, 5.41) is 21.8. The molecule has 0 aromatic heterocycles. The minimum Gasteiger partial charge on any atom is -0.480 e. The number of nitrogens with one attached hydrogen (secondary N) is 1. The van der Waals surface area contributed by atoms with Crippen LogP contribution < -0.4 is 11.1 Å². The molecular formula is C11H22N2O3. The molecule has 5 nitrogen and oxygen atoms in total. The Morgan fingerprint density at radius 3 is 2.94 bits per heavy atom. The van der Waals surface area contributed by atoms with E-state index in [9.17, 15) is 9.90 Å². The molecule has 0 spiro atoms. The number of carbonyl (C=O) groups is 1. The fourth-order valence-corrected chi connectivity index (χ4v) is 2.34. The SMILES string of the molecule is CC1CCCC(O)(CNCC(N)C(=O)O)C1. The Hall–Kier alpha value is -0.650. The van der Waals surface area contributed by atoms with Crippen LogP contribution in [0.3, 0.4) is 0 Å². The molecule has 0 amide bonds. The van der Waals surface area contributed by atoms with E-state index in [4.69, 9.17) is 10.8 Å². The second-order valence-corrected chi connectivity index (χ2v) is 5.00. The average Bonchev–Trinajstić information content (AvgIpc) is 2.16. The zero-order valence-electron chi connectivity index (χ0n) is 9.78. The molecular weight excluding hydrogens is 208 g/mol. The van der Waals surface area contributed by atoms with Gasteiger partial charge in [-0.15, -0.1) is 0 Å². The molecule has 1 aliphatic carbocycles. The number of carboxylic acids is 1. The molecule has 1 saturated carbocycles.